The van der Waals surface area contributed by atoms with E-state index in [0.717, 1.165) is 32.2 Å². The maximum absolute atomic E-state index is 12.4. The number of rotatable bonds is 5. The van der Waals surface area contributed by atoms with E-state index in [9.17, 15) is 10.1 Å². The van der Waals surface area contributed by atoms with Crippen molar-refractivity contribution in [3.63, 3.8) is 0 Å². The minimum Gasteiger partial charge on any atom is -0.355 e. The number of amides is 1. The van der Waals surface area contributed by atoms with Crippen LogP contribution in [0, 0.1) is 17.2 Å². The Kier molecular flexibility index (Phi) is 5.76. The van der Waals surface area contributed by atoms with Gasteiger partial charge >= 0.3 is 0 Å². The standard InChI is InChI=1S/C17H24N4O/c1-3-6-13(2)20-17(22)15-8-5-10-21(12-15)16-14(11-18)7-4-9-19-16/h4,7,9,13,15H,3,5-6,8,10,12H2,1-2H3,(H,20,22). The lowest BCUT2D eigenvalue weighted by molar-refractivity contribution is -0.125. The summed E-state index contributed by atoms with van der Waals surface area (Å²) in [5.74, 6) is 0.797. The van der Waals surface area contributed by atoms with E-state index in [1.807, 2.05) is 0 Å². The van der Waals surface area contributed by atoms with Crippen molar-refractivity contribution in [3.8, 4) is 6.07 Å². The van der Waals surface area contributed by atoms with Gasteiger partial charge < -0.3 is 10.2 Å². The Labute approximate surface area is 132 Å². The molecule has 2 rings (SSSR count). The largest absolute Gasteiger partial charge is 0.355 e. The summed E-state index contributed by atoms with van der Waals surface area (Å²) in [7, 11) is 0. The summed E-state index contributed by atoms with van der Waals surface area (Å²) >= 11 is 0. The van der Waals surface area contributed by atoms with Gasteiger partial charge in [-0.05, 0) is 38.3 Å². The summed E-state index contributed by atoms with van der Waals surface area (Å²) < 4.78 is 0. The van der Waals surface area contributed by atoms with Crippen LogP contribution in [0.1, 0.15) is 45.1 Å². The quantitative estimate of drug-likeness (QED) is 0.907. The molecule has 1 aromatic heterocycles. The molecule has 1 aromatic rings. The smallest absolute Gasteiger partial charge is 0.225 e. The molecule has 0 radical (unpaired) electrons. The number of piperidine rings is 1. The summed E-state index contributed by atoms with van der Waals surface area (Å²) in [6.07, 6.45) is 5.61. The molecule has 5 heteroatoms. The fourth-order valence-electron chi connectivity index (χ4n) is 2.99. The van der Waals surface area contributed by atoms with E-state index in [1.165, 1.54) is 0 Å². The minimum atomic E-state index is -0.0263. The van der Waals surface area contributed by atoms with Gasteiger partial charge in [-0.25, -0.2) is 4.98 Å². The highest BCUT2D eigenvalue weighted by molar-refractivity contribution is 5.80. The van der Waals surface area contributed by atoms with E-state index >= 15 is 0 Å². The SMILES string of the molecule is CCCC(C)NC(=O)C1CCCN(c2ncccc2C#N)C1. The third-order valence-corrected chi connectivity index (χ3v) is 4.11. The van der Waals surface area contributed by atoms with Crippen molar-refractivity contribution in [2.45, 2.75) is 45.6 Å². The lowest BCUT2D eigenvalue weighted by Crippen LogP contribution is -2.45. The van der Waals surface area contributed by atoms with Crippen LogP contribution in [0.25, 0.3) is 0 Å². The molecule has 0 spiro atoms. The van der Waals surface area contributed by atoms with Crippen LogP contribution < -0.4 is 10.2 Å². The van der Waals surface area contributed by atoms with Gasteiger partial charge in [-0.3, -0.25) is 4.79 Å². The predicted molar refractivity (Wildman–Crippen MR) is 86.4 cm³/mol. The number of anilines is 1. The van der Waals surface area contributed by atoms with E-state index in [1.54, 1.807) is 18.3 Å². The first-order chi connectivity index (χ1) is 10.7. The number of carbonyl (C=O) groups is 1. The summed E-state index contributed by atoms with van der Waals surface area (Å²) in [5.41, 5.74) is 0.572. The summed E-state index contributed by atoms with van der Waals surface area (Å²) in [5, 5.41) is 12.3. The Hall–Kier alpha value is -2.09. The number of nitrogens with zero attached hydrogens (tertiary/aromatic N) is 3. The predicted octanol–water partition coefficient (Wildman–Crippen LogP) is 2.47. The molecule has 22 heavy (non-hydrogen) atoms. The average Bonchev–Trinajstić information content (AvgIpc) is 2.55. The van der Waals surface area contributed by atoms with Crippen LogP contribution >= 0.6 is 0 Å². The van der Waals surface area contributed by atoms with E-state index in [0.29, 0.717) is 17.9 Å². The number of nitrogens with one attached hydrogen (secondary N) is 1. The van der Waals surface area contributed by atoms with Crippen LogP contribution in [-0.2, 0) is 4.79 Å². The van der Waals surface area contributed by atoms with Crippen LogP contribution in [0.3, 0.4) is 0 Å². The average molecular weight is 300 g/mol. The topological polar surface area (TPSA) is 69.0 Å². The zero-order valence-corrected chi connectivity index (χ0v) is 13.4. The van der Waals surface area contributed by atoms with Gasteiger partial charge in [0.25, 0.3) is 0 Å². The Morgan fingerprint density at radius 1 is 1.64 bits per heavy atom. The molecule has 118 valence electrons. The van der Waals surface area contributed by atoms with Gasteiger partial charge in [-0.2, -0.15) is 5.26 Å². The Morgan fingerprint density at radius 3 is 3.18 bits per heavy atom. The first-order valence-electron chi connectivity index (χ1n) is 8.06. The Morgan fingerprint density at radius 2 is 2.45 bits per heavy atom. The van der Waals surface area contributed by atoms with Crippen molar-refractivity contribution in [2.75, 3.05) is 18.0 Å². The molecular weight excluding hydrogens is 276 g/mol. The molecule has 2 unspecified atom stereocenters. The molecule has 0 bridgehead atoms. The van der Waals surface area contributed by atoms with Crippen molar-refractivity contribution in [3.05, 3.63) is 23.9 Å². The van der Waals surface area contributed by atoms with Crippen LogP contribution in [0.5, 0.6) is 0 Å². The number of pyridine rings is 1. The van der Waals surface area contributed by atoms with Gasteiger partial charge in [0.05, 0.1) is 11.5 Å². The molecule has 0 aromatic carbocycles. The Bertz CT molecular complexity index is 552. The highest BCUT2D eigenvalue weighted by Crippen LogP contribution is 2.24. The van der Waals surface area contributed by atoms with Gasteiger partial charge in [0.2, 0.25) is 5.91 Å². The third kappa shape index (κ3) is 3.97. The van der Waals surface area contributed by atoms with Crippen LogP contribution in [0.4, 0.5) is 5.82 Å². The molecule has 0 aliphatic carbocycles. The zero-order valence-electron chi connectivity index (χ0n) is 13.4. The molecule has 1 fully saturated rings. The van der Waals surface area contributed by atoms with E-state index < -0.39 is 0 Å². The number of aromatic nitrogens is 1. The normalized spacial score (nSPS) is 19.3. The lowest BCUT2D eigenvalue weighted by atomic mass is 9.96. The maximum Gasteiger partial charge on any atom is 0.225 e. The van der Waals surface area contributed by atoms with Crippen molar-refractivity contribution in [2.24, 2.45) is 5.92 Å². The fraction of sp³-hybridized carbons (Fsp3) is 0.588. The van der Waals surface area contributed by atoms with Crippen molar-refractivity contribution < 1.29 is 4.79 Å². The van der Waals surface area contributed by atoms with Crippen LogP contribution in [0.2, 0.25) is 0 Å². The molecule has 1 N–H and O–H groups in total. The van der Waals surface area contributed by atoms with Crippen LogP contribution in [0.15, 0.2) is 18.3 Å². The second kappa shape index (κ2) is 7.79. The lowest BCUT2D eigenvalue weighted by Gasteiger charge is -2.33. The van der Waals surface area contributed by atoms with Gasteiger partial charge in [-0.15, -0.1) is 0 Å². The van der Waals surface area contributed by atoms with Gasteiger partial charge in [0.1, 0.15) is 11.9 Å². The minimum absolute atomic E-state index is 0.0263. The summed E-state index contributed by atoms with van der Waals surface area (Å²) in [6.45, 7) is 5.65. The molecule has 5 nitrogen and oxygen atoms in total. The molecule has 1 aliphatic heterocycles. The van der Waals surface area contributed by atoms with Gasteiger partial charge in [0, 0.05) is 25.3 Å². The van der Waals surface area contributed by atoms with Crippen molar-refractivity contribution >= 4 is 11.7 Å². The fourth-order valence-corrected chi connectivity index (χ4v) is 2.99. The number of hydrogen-bond donors (Lipinski definition) is 1. The van der Waals surface area contributed by atoms with E-state index in [4.69, 9.17) is 0 Å². The molecule has 2 atom stereocenters. The van der Waals surface area contributed by atoms with Gasteiger partial charge in [-0.1, -0.05) is 13.3 Å². The van der Waals surface area contributed by atoms with E-state index in [-0.39, 0.29) is 17.9 Å². The second-order valence-electron chi connectivity index (χ2n) is 5.97. The monoisotopic (exact) mass is 300 g/mol. The number of hydrogen-bond acceptors (Lipinski definition) is 4. The Balaban J connectivity index is 2.03. The third-order valence-electron chi connectivity index (χ3n) is 4.11. The summed E-state index contributed by atoms with van der Waals surface area (Å²) in [6, 6.07) is 5.94. The van der Waals surface area contributed by atoms with E-state index in [2.05, 4.69) is 35.1 Å². The van der Waals surface area contributed by atoms with Gasteiger partial charge in [0.15, 0.2) is 0 Å². The second-order valence-corrected chi connectivity index (χ2v) is 5.97. The molecule has 1 saturated heterocycles. The first-order valence-corrected chi connectivity index (χ1v) is 8.06. The molecular formula is C17H24N4O. The number of carbonyl (C=O) groups excluding carboxylic acids is 1. The van der Waals surface area contributed by atoms with Crippen molar-refractivity contribution in [1.29, 1.82) is 5.26 Å². The molecule has 1 amide bonds. The summed E-state index contributed by atoms with van der Waals surface area (Å²) in [4.78, 5) is 18.8. The maximum atomic E-state index is 12.4. The molecule has 1 aliphatic rings. The van der Waals surface area contributed by atoms with Crippen LogP contribution in [-0.4, -0.2) is 30.0 Å². The highest BCUT2D eigenvalue weighted by Gasteiger charge is 2.28. The zero-order chi connectivity index (χ0) is 15.9. The van der Waals surface area contributed by atoms with Crippen molar-refractivity contribution in [1.82, 2.24) is 10.3 Å². The number of nitriles is 1. The highest BCUT2D eigenvalue weighted by atomic mass is 16.2. The molecule has 2 heterocycles. The molecule has 0 saturated carbocycles. The first kappa shape index (κ1) is 16.3.